The molecule has 2 rings (SSSR count). The molecule has 5 nitrogen and oxygen atoms in total. The maximum atomic E-state index is 12.8. The second-order valence-electron chi connectivity index (χ2n) is 4.41. The van der Waals surface area contributed by atoms with Gasteiger partial charge in [0.05, 0.1) is 6.54 Å². The Morgan fingerprint density at radius 3 is 2.68 bits per heavy atom. The summed E-state index contributed by atoms with van der Waals surface area (Å²) < 4.78 is 34.1. The maximum absolute atomic E-state index is 12.8. The van der Waals surface area contributed by atoms with Crippen molar-refractivity contribution in [3.05, 3.63) is 18.2 Å². The van der Waals surface area contributed by atoms with E-state index in [1.807, 2.05) is 13.8 Å². The third-order valence-corrected chi connectivity index (χ3v) is 2.36. The van der Waals surface area contributed by atoms with Gasteiger partial charge in [-0.1, -0.05) is 13.8 Å². The van der Waals surface area contributed by atoms with Crippen LogP contribution in [-0.2, 0) is 4.79 Å². The van der Waals surface area contributed by atoms with Crippen LogP contribution in [0.5, 0.6) is 11.5 Å². The number of hydrogen-bond donors (Lipinski definition) is 2. The van der Waals surface area contributed by atoms with Crippen molar-refractivity contribution in [3.8, 4) is 11.5 Å². The molecule has 1 aromatic carbocycles. The van der Waals surface area contributed by atoms with E-state index in [1.54, 1.807) is 0 Å². The predicted octanol–water partition coefficient (Wildman–Crippen LogP) is 1.94. The van der Waals surface area contributed by atoms with Crippen LogP contribution in [0.15, 0.2) is 18.2 Å². The minimum atomic E-state index is -3.65. The zero-order chi connectivity index (χ0) is 14.0. The minimum absolute atomic E-state index is 0.0525. The Hall–Kier alpha value is -1.89. The number of alkyl halides is 2. The number of hydrogen-bond acceptors (Lipinski definition) is 4. The Bertz CT molecular complexity index is 492. The van der Waals surface area contributed by atoms with Crippen molar-refractivity contribution in [2.45, 2.75) is 26.2 Å². The summed E-state index contributed by atoms with van der Waals surface area (Å²) in [5.41, 5.74) is 0.371. The van der Waals surface area contributed by atoms with Crippen molar-refractivity contribution in [1.29, 1.82) is 0 Å². The summed E-state index contributed by atoms with van der Waals surface area (Å²) in [6.45, 7) is 3.97. The zero-order valence-corrected chi connectivity index (χ0v) is 10.5. The maximum Gasteiger partial charge on any atom is 0.586 e. The van der Waals surface area contributed by atoms with Crippen molar-refractivity contribution in [3.63, 3.8) is 0 Å². The van der Waals surface area contributed by atoms with Gasteiger partial charge in [0.1, 0.15) is 0 Å². The number of carbonyl (C=O) groups excluding carboxylic acids is 1. The highest BCUT2D eigenvalue weighted by molar-refractivity contribution is 5.92. The van der Waals surface area contributed by atoms with Crippen LogP contribution in [0.25, 0.3) is 0 Å². The summed E-state index contributed by atoms with van der Waals surface area (Å²) in [6.07, 6.45) is -3.65. The van der Waals surface area contributed by atoms with E-state index < -0.39 is 6.29 Å². The lowest BCUT2D eigenvalue weighted by molar-refractivity contribution is -0.286. The van der Waals surface area contributed by atoms with E-state index in [2.05, 4.69) is 20.1 Å². The average molecular weight is 272 g/mol. The van der Waals surface area contributed by atoms with Gasteiger partial charge < -0.3 is 20.1 Å². The van der Waals surface area contributed by atoms with Crippen LogP contribution in [-0.4, -0.2) is 24.8 Å². The number of ether oxygens (including phenoxy) is 2. The minimum Gasteiger partial charge on any atom is -0.395 e. The third-order valence-electron chi connectivity index (χ3n) is 2.36. The fraction of sp³-hybridized carbons (Fsp3) is 0.417. The quantitative estimate of drug-likeness (QED) is 0.879. The first-order valence-electron chi connectivity index (χ1n) is 5.79. The van der Waals surface area contributed by atoms with Crippen LogP contribution in [0.1, 0.15) is 13.8 Å². The molecule has 0 unspecified atom stereocenters. The van der Waals surface area contributed by atoms with Crippen LogP contribution in [0.3, 0.4) is 0 Å². The number of anilines is 1. The van der Waals surface area contributed by atoms with Gasteiger partial charge in [-0.25, -0.2) is 0 Å². The number of amides is 1. The van der Waals surface area contributed by atoms with Crippen molar-refractivity contribution in [1.82, 2.24) is 5.32 Å². The standard InChI is InChI=1S/C12H14F2N2O3/c1-7(2)15-6-11(17)16-8-3-4-9-10(5-8)19-12(13,14)18-9/h3-5,7,15H,6H2,1-2H3,(H,16,17). The summed E-state index contributed by atoms with van der Waals surface area (Å²) in [6, 6.07) is 4.27. The molecule has 0 aliphatic carbocycles. The monoisotopic (exact) mass is 272 g/mol. The number of carbonyl (C=O) groups is 1. The van der Waals surface area contributed by atoms with Gasteiger partial charge in [0.15, 0.2) is 11.5 Å². The molecule has 2 N–H and O–H groups in total. The molecule has 0 aromatic heterocycles. The first-order valence-corrected chi connectivity index (χ1v) is 5.79. The van der Waals surface area contributed by atoms with Gasteiger partial charge in [-0.2, -0.15) is 0 Å². The highest BCUT2D eigenvalue weighted by atomic mass is 19.3. The number of benzene rings is 1. The van der Waals surface area contributed by atoms with Crippen molar-refractivity contribution in [2.24, 2.45) is 0 Å². The van der Waals surface area contributed by atoms with E-state index in [-0.39, 0.29) is 30.0 Å². The fourth-order valence-corrected chi connectivity index (χ4v) is 1.53. The fourth-order valence-electron chi connectivity index (χ4n) is 1.53. The Labute approximate surface area is 108 Å². The van der Waals surface area contributed by atoms with E-state index in [1.165, 1.54) is 18.2 Å². The molecule has 0 saturated heterocycles. The number of rotatable bonds is 4. The molecule has 0 saturated carbocycles. The van der Waals surface area contributed by atoms with E-state index in [0.717, 1.165) is 0 Å². The molecular weight excluding hydrogens is 258 g/mol. The first-order chi connectivity index (χ1) is 8.85. The van der Waals surface area contributed by atoms with Gasteiger partial charge >= 0.3 is 6.29 Å². The molecule has 1 aliphatic heterocycles. The lowest BCUT2D eigenvalue weighted by Gasteiger charge is -2.09. The van der Waals surface area contributed by atoms with Gasteiger partial charge in [-0.15, -0.1) is 8.78 Å². The first kappa shape index (κ1) is 13.5. The van der Waals surface area contributed by atoms with E-state index in [9.17, 15) is 13.6 Å². The predicted molar refractivity (Wildman–Crippen MR) is 64.4 cm³/mol. The highest BCUT2D eigenvalue weighted by Gasteiger charge is 2.43. The number of halogens is 2. The van der Waals surface area contributed by atoms with Crippen molar-refractivity contribution < 1.29 is 23.0 Å². The Kier molecular flexibility index (Phi) is 3.57. The Balaban J connectivity index is 1.98. The lowest BCUT2D eigenvalue weighted by atomic mass is 10.2. The zero-order valence-electron chi connectivity index (χ0n) is 10.5. The molecule has 0 bridgehead atoms. The summed E-state index contributed by atoms with van der Waals surface area (Å²) >= 11 is 0. The van der Waals surface area contributed by atoms with E-state index >= 15 is 0 Å². The van der Waals surface area contributed by atoms with Crippen LogP contribution in [0, 0.1) is 0 Å². The van der Waals surface area contributed by atoms with Gasteiger partial charge in [0.25, 0.3) is 0 Å². The smallest absolute Gasteiger partial charge is 0.395 e. The second kappa shape index (κ2) is 5.00. The average Bonchev–Trinajstić information content (AvgIpc) is 2.59. The molecule has 0 spiro atoms. The van der Waals surface area contributed by atoms with E-state index in [0.29, 0.717) is 5.69 Å². The van der Waals surface area contributed by atoms with Crippen molar-refractivity contribution in [2.75, 3.05) is 11.9 Å². The molecule has 1 amide bonds. The molecule has 1 heterocycles. The molecule has 1 aromatic rings. The summed E-state index contributed by atoms with van der Waals surface area (Å²) in [5, 5.41) is 5.52. The Morgan fingerprint density at radius 2 is 2.00 bits per heavy atom. The van der Waals surface area contributed by atoms with Crippen LogP contribution < -0.4 is 20.1 Å². The summed E-state index contributed by atoms with van der Waals surface area (Å²) in [5.74, 6) is -0.415. The molecule has 104 valence electrons. The van der Waals surface area contributed by atoms with Gasteiger partial charge in [0.2, 0.25) is 5.91 Å². The molecular formula is C12H14F2N2O3. The van der Waals surface area contributed by atoms with Crippen molar-refractivity contribution >= 4 is 11.6 Å². The lowest BCUT2D eigenvalue weighted by Crippen LogP contribution is -2.32. The van der Waals surface area contributed by atoms with Gasteiger partial charge in [0, 0.05) is 17.8 Å². The van der Waals surface area contributed by atoms with E-state index in [4.69, 9.17) is 0 Å². The summed E-state index contributed by atoms with van der Waals surface area (Å²) in [7, 11) is 0. The molecule has 0 radical (unpaired) electrons. The Morgan fingerprint density at radius 1 is 1.32 bits per heavy atom. The van der Waals surface area contributed by atoms with Gasteiger partial charge in [-0.05, 0) is 12.1 Å². The summed E-state index contributed by atoms with van der Waals surface area (Å²) in [4.78, 5) is 11.6. The third kappa shape index (κ3) is 3.54. The van der Waals surface area contributed by atoms with Gasteiger partial charge in [-0.3, -0.25) is 4.79 Å². The SMILES string of the molecule is CC(C)NCC(=O)Nc1ccc2c(c1)OC(F)(F)O2. The molecule has 19 heavy (non-hydrogen) atoms. The molecule has 7 heteroatoms. The molecule has 0 fully saturated rings. The highest BCUT2D eigenvalue weighted by Crippen LogP contribution is 2.42. The molecule has 1 aliphatic rings. The van der Waals surface area contributed by atoms with Crippen LogP contribution in [0.4, 0.5) is 14.5 Å². The van der Waals surface area contributed by atoms with Crippen LogP contribution in [0.2, 0.25) is 0 Å². The molecule has 0 atom stereocenters. The second-order valence-corrected chi connectivity index (χ2v) is 4.41. The normalized spacial score (nSPS) is 15.6. The number of nitrogens with one attached hydrogen (secondary N) is 2. The largest absolute Gasteiger partial charge is 0.586 e. The topological polar surface area (TPSA) is 59.6 Å². The number of fused-ring (bicyclic) bond motifs is 1. The van der Waals surface area contributed by atoms with Crippen LogP contribution >= 0.6 is 0 Å².